The minimum atomic E-state index is 0.331. The van der Waals surface area contributed by atoms with Crippen molar-refractivity contribution in [1.29, 1.82) is 0 Å². The summed E-state index contributed by atoms with van der Waals surface area (Å²) in [6.45, 7) is 9.08. The highest BCUT2D eigenvalue weighted by Gasteiger charge is 2.24. The van der Waals surface area contributed by atoms with E-state index in [1.54, 1.807) is 0 Å². The summed E-state index contributed by atoms with van der Waals surface area (Å²) in [5.41, 5.74) is 12.4. The van der Waals surface area contributed by atoms with Crippen LogP contribution in [-0.2, 0) is 0 Å². The van der Waals surface area contributed by atoms with Gasteiger partial charge in [-0.15, -0.1) is 0 Å². The molecule has 7 aromatic carbocycles. The molecule has 0 amide bonds. The lowest BCUT2D eigenvalue weighted by molar-refractivity contribution is 0.483. The molecule has 6 nitrogen and oxygen atoms in total. The van der Waals surface area contributed by atoms with Gasteiger partial charge in [0.1, 0.15) is 23.1 Å². The number of para-hydroxylation sites is 5. The third kappa shape index (κ3) is 5.63. The Morgan fingerprint density at radius 3 is 1.87 bits per heavy atom. The van der Waals surface area contributed by atoms with Gasteiger partial charge in [0.25, 0.3) is 0 Å². The fraction of sp³-hybridized carbons (Fsp3) is 0.111. The van der Waals surface area contributed by atoms with Gasteiger partial charge in [-0.3, -0.25) is 9.13 Å². The third-order valence-electron chi connectivity index (χ3n) is 11.9. The van der Waals surface area contributed by atoms with Crippen molar-refractivity contribution in [2.45, 2.75) is 39.5 Å². The van der Waals surface area contributed by atoms with Gasteiger partial charge in [-0.25, -0.2) is 9.97 Å². The van der Waals surface area contributed by atoms with Crippen molar-refractivity contribution in [3.63, 3.8) is 0 Å². The number of rotatable bonds is 8. The van der Waals surface area contributed by atoms with E-state index >= 15 is 0 Å². The molecule has 0 unspecified atom stereocenters. The number of aromatic nitrogens is 5. The second-order valence-electron chi connectivity index (χ2n) is 16.2. The number of hydrogen-bond donors (Lipinski definition) is 0. The Labute approximate surface area is 348 Å². The van der Waals surface area contributed by atoms with Gasteiger partial charge in [0, 0.05) is 45.1 Å². The van der Waals surface area contributed by atoms with E-state index in [2.05, 4.69) is 193 Å². The zero-order valence-electron chi connectivity index (χ0n) is 34.0. The van der Waals surface area contributed by atoms with Gasteiger partial charge in [-0.1, -0.05) is 113 Å². The minimum Gasteiger partial charge on any atom is -0.457 e. The standard InChI is InChI=1S/C54H43N5O/c1-34(2)40-21-15-22-41(35(3)4)53(40)59-46-25-11-9-23-44(46)56-54(59)36-16-14-19-38(32-36)60-39-27-28-43-49(33-39)58(50-26-12-13-31-55-50)48-30-29-47-51(52(43)48)42-20-8-10-24-45(42)57(47)37-17-6-5-7-18-37/h5-35H,1-4H3. The molecular formula is C54H43N5O. The molecule has 6 heteroatoms. The van der Waals surface area contributed by atoms with E-state index in [4.69, 9.17) is 14.7 Å². The van der Waals surface area contributed by atoms with E-state index in [1.807, 2.05) is 24.4 Å². The highest BCUT2D eigenvalue weighted by molar-refractivity contribution is 6.29. The average molecular weight is 778 g/mol. The van der Waals surface area contributed by atoms with Crippen LogP contribution in [0.2, 0.25) is 0 Å². The first-order chi connectivity index (χ1) is 29.4. The summed E-state index contributed by atoms with van der Waals surface area (Å²) in [5.74, 6) is 3.88. The molecular weight excluding hydrogens is 735 g/mol. The summed E-state index contributed by atoms with van der Waals surface area (Å²) in [6, 6.07) is 59.9. The van der Waals surface area contributed by atoms with Gasteiger partial charge in [-0.2, -0.15) is 0 Å². The molecule has 0 atom stereocenters. The minimum absolute atomic E-state index is 0.331. The van der Waals surface area contributed by atoms with Gasteiger partial charge in [0.2, 0.25) is 0 Å². The second-order valence-corrected chi connectivity index (χ2v) is 16.2. The van der Waals surface area contributed by atoms with Crippen molar-refractivity contribution < 1.29 is 4.74 Å². The monoisotopic (exact) mass is 777 g/mol. The van der Waals surface area contributed by atoms with Crippen molar-refractivity contribution >= 4 is 54.6 Å². The van der Waals surface area contributed by atoms with Gasteiger partial charge >= 0.3 is 0 Å². The lowest BCUT2D eigenvalue weighted by Gasteiger charge is -2.22. The van der Waals surface area contributed by atoms with E-state index in [0.717, 1.165) is 67.4 Å². The van der Waals surface area contributed by atoms with Gasteiger partial charge in [0.05, 0.1) is 38.8 Å². The van der Waals surface area contributed by atoms with Crippen LogP contribution in [0, 0.1) is 0 Å². The molecule has 4 aromatic heterocycles. The van der Waals surface area contributed by atoms with E-state index in [9.17, 15) is 0 Å². The van der Waals surface area contributed by atoms with Gasteiger partial charge < -0.3 is 9.30 Å². The maximum atomic E-state index is 6.82. The Hall–Kier alpha value is -7.44. The molecule has 0 fully saturated rings. The van der Waals surface area contributed by atoms with Crippen LogP contribution in [0.1, 0.15) is 50.7 Å². The molecule has 4 heterocycles. The Kier molecular flexibility index (Phi) is 8.41. The molecule has 0 aliphatic heterocycles. The molecule has 60 heavy (non-hydrogen) atoms. The van der Waals surface area contributed by atoms with E-state index in [-0.39, 0.29) is 0 Å². The SMILES string of the molecule is CC(C)c1cccc(C(C)C)c1-n1c(-c2cccc(Oc3ccc4c5c6c7ccccc7n(-c7ccccc7)c6ccc5n(-c5ccccn5)c4c3)c2)nc2ccccc21. The highest BCUT2D eigenvalue weighted by atomic mass is 16.5. The van der Waals surface area contributed by atoms with E-state index in [0.29, 0.717) is 11.8 Å². The molecule has 11 aromatic rings. The first-order valence-corrected chi connectivity index (χ1v) is 20.8. The van der Waals surface area contributed by atoms with Crippen LogP contribution in [-0.4, -0.2) is 23.7 Å². The fourth-order valence-corrected chi connectivity index (χ4v) is 9.25. The predicted molar refractivity (Wildman–Crippen MR) is 248 cm³/mol. The van der Waals surface area contributed by atoms with Crippen molar-refractivity contribution in [3.05, 3.63) is 187 Å². The molecule has 290 valence electrons. The van der Waals surface area contributed by atoms with Crippen molar-refractivity contribution in [2.75, 3.05) is 0 Å². The Bertz CT molecular complexity index is 3380. The van der Waals surface area contributed by atoms with Crippen molar-refractivity contribution in [1.82, 2.24) is 23.7 Å². The fourth-order valence-electron chi connectivity index (χ4n) is 9.25. The molecule has 0 aliphatic carbocycles. The smallest absolute Gasteiger partial charge is 0.145 e. The van der Waals surface area contributed by atoms with Crippen LogP contribution in [0.25, 0.3) is 83.2 Å². The Morgan fingerprint density at radius 2 is 1.12 bits per heavy atom. The van der Waals surface area contributed by atoms with Crippen molar-refractivity contribution in [2.24, 2.45) is 0 Å². The van der Waals surface area contributed by atoms with E-state index < -0.39 is 0 Å². The van der Waals surface area contributed by atoms with Crippen LogP contribution in [0.5, 0.6) is 11.5 Å². The number of benzene rings is 7. The highest BCUT2D eigenvalue weighted by Crippen LogP contribution is 2.44. The summed E-state index contributed by atoms with van der Waals surface area (Å²) < 4.78 is 13.8. The number of fused-ring (bicyclic) bond motifs is 8. The molecule has 0 bridgehead atoms. The summed E-state index contributed by atoms with van der Waals surface area (Å²) in [7, 11) is 0. The zero-order valence-corrected chi connectivity index (χ0v) is 34.0. The van der Waals surface area contributed by atoms with E-state index in [1.165, 1.54) is 38.5 Å². The summed E-state index contributed by atoms with van der Waals surface area (Å²) in [6.07, 6.45) is 1.86. The molecule has 0 aliphatic rings. The number of hydrogen-bond acceptors (Lipinski definition) is 3. The zero-order chi connectivity index (χ0) is 40.5. The Balaban J connectivity index is 1.08. The normalized spacial score (nSPS) is 12.0. The topological polar surface area (TPSA) is 49.8 Å². The Morgan fingerprint density at radius 1 is 0.467 bits per heavy atom. The van der Waals surface area contributed by atoms with Crippen LogP contribution in [0.15, 0.2) is 176 Å². The first kappa shape index (κ1) is 35.7. The number of ether oxygens (including phenoxy) is 1. The molecule has 0 spiro atoms. The largest absolute Gasteiger partial charge is 0.457 e. The number of pyridine rings is 1. The summed E-state index contributed by atoms with van der Waals surface area (Å²) in [5, 5.41) is 4.75. The van der Waals surface area contributed by atoms with Crippen LogP contribution < -0.4 is 4.74 Å². The maximum Gasteiger partial charge on any atom is 0.145 e. The first-order valence-electron chi connectivity index (χ1n) is 20.8. The number of imidazole rings is 1. The maximum absolute atomic E-state index is 6.82. The average Bonchev–Trinajstić information content (AvgIpc) is 3.94. The molecule has 11 rings (SSSR count). The van der Waals surface area contributed by atoms with Crippen molar-refractivity contribution in [3.8, 4) is 40.1 Å². The predicted octanol–water partition coefficient (Wildman–Crippen LogP) is 14.3. The third-order valence-corrected chi connectivity index (χ3v) is 11.9. The number of nitrogens with zero attached hydrogens (tertiary/aromatic N) is 5. The summed E-state index contributed by atoms with van der Waals surface area (Å²) in [4.78, 5) is 10.1. The molecule has 0 saturated carbocycles. The second kappa shape index (κ2) is 14.1. The molecule has 0 saturated heterocycles. The quantitative estimate of drug-likeness (QED) is 0.154. The lowest BCUT2D eigenvalue weighted by atomic mass is 9.92. The van der Waals surface area contributed by atoms with Crippen LogP contribution in [0.3, 0.4) is 0 Å². The molecule has 0 radical (unpaired) electrons. The summed E-state index contributed by atoms with van der Waals surface area (Å²) >= 11 is 0. The molecule has 0 N–H and O–H groups in total. The van der Waals surface area contributed by atoms with Gasteiger partial charge in [-0.05, 0) is 102 Å². The lowest BCUT2D eigenvalue weighted by Crippen LogP contribution is -2.08. The van der Waals surface area contributed by atoms with Crippen LogP contribution in [0.4, 0.5) is 0 Å². The van der Waals surface area contributed by atoms with Gasteiger partial charge in [0.15, 0.2) is 0 Å². The van der Waals surface area contributed by atoms with Crippen LogP contribution >= 0.6 is 0 Å².